The first-order chi connectivity index (χ1) is 13.7. The average molecular weight is 389 g/mol. The monoisotopic (exact) mass is 388 g/mol. The van der Waals surface area contributed by atoms with Crippen LogP contribution in [0.25, 0.3) is 0 Å². The number of rotatable bonds is 6. The molecule has 0 heterocycles. The van der Waals surface area contributed by atoms with Crippen molar-refractivity contribution in [2.75, 3.05) is 0 Å². The van der Waals surface area contributed by atoms with E-state index < -0.39 is 0 Å². The van der Waals surface area contributed by atoms with Crippen LogP contribution < -0.4 is 0 Å². The fourth-order valence-corrected chi connectivity index (χ4v) is 7.76. The largest absolute Gasteiger partial charge is 0.393 e. The van der Waals surface area contributed by atoms with Crippen LogP contribution in [-0.4, -0.2) is 11.2 Å². The van der Waals surface area contributed by atoms with Gasteiger partial charge in [-0.2, -0.15) is 0 Å². The molecule has 4 aliphatic rings. The number of hydrogen-bond donors (Lipinski definition) is 1. The molecule has 8 unspecified atom stereocenters. The Morgan fingerprint density at radius 1 is 0.893 bits per heavy atom. The Morgan fingerprint density at radius 2 is 1.64 bits per heavy atom. The fraction of sp³-hybridized carbons (Fsp3) is 0.926. The highest BCUT2D eigenvalue weighted by molar-refractivity contribution is 5.19. The molecule has 1 heteroatoms. The van der Waals surface area contributed by atoms with Gasteiger partial charge in [0.05, 0.1) is 6.10 Å². The predicted octanol–water partition coefficient (Wildman–Crippen LogP) is 7.78. The van der Waals surface area contributed by atoms with Crippen LogP contribution in [0.15, 0.2) is 11.6 Å². The summed E-state index contributed by atoms with van der Waals surface area (Å²) in [6, 6.07) is 0. The molecule has 0 aliphatic heterocycles. The summed E-state index contributed by atoms with van der Waals surface area (Å²) in [7, 11) is 0. The van der Waals surface area contributed by atoms with Gasteiger partial charge in [0.15, 0.2) is 0 Å². The topological polar surface area (TPSA) is 20.2 Å². The third-order valence-corrected chi connectivity index (χ3v) is 9.04. The molecule has 1 nitrogen and oxygen atoms in total. The van der Waals surface area contributed by atoms with Gasteiger partial charge in [0.25, 0.3) is 0 Å². The van der Waals surface area contributed by atoms with Crippen molar-refractivity contribution < 1.29 is 5.11 Å². The van der Waals surface area contributed by atoms with Crippen LogP contribution in [0.4, 0.5) is 0 Å². The smallest absolute Gasteiger partial charge is 0.0577 e. The van der Waals surface area contributed by atoms with Crippen LogP contribution in [0.3, 0.4) is 0 Å². The number of aliphatic hydroxyl groups excluding tert-OH is 1. The lowest BCUT2D eigenvalue weighted by Crippen LogP contribution is -2.42. The third-order valence-electron chi connectivity index (χ3n) is 9.04. The quantitative estimate of drug-likeness (QED) is 0.364. The molecule has 3 fully saturated rings. The highest BCUT2D eigenvalue weighted by atomic mass is 16.3. The van der Waals surface area contributed by atoms with Gasteiger partial charge < -0.3 is 5.11 Å². The molecule has 0 aromatic carbocycles. The summed E-state index contributed by atoms with van der Waals surface area (Å²) < 4.78 is 0. The molecule has 28 heavy (non-hydrogen) atoms. The number of aliphatic hydroxyl groups is 1. The van der Waals surface area contributed by atoms with Crippen molar-refractivity contribution in [3.05, 3.63) is 11.6 Å². The van der Waals surface area contributed by atoms with Crippen molar-refractivity contribution in [1.82, 2.24) is 0 Å². The maximum Gasteiger partial charge on any atom is 0.0577 e. The number of unbranched alkanes of at least 4 members (excludes halogenated alkanes) is 3. The van der Waals surface area contributed by atoms with Gasteiger partial charge in [0.2, 0.25) is 0 Å². The molecule has 0 bridgehead atoms. The lowest BCUT2D eigenvalue weighted by molar-refractivity contribution is 0.0281. The van der Waals surface area contributed by atoms with Crippen LogP contribution in [-0.2, 0) is 0 Å². The molecule has 8 atom stereocenters. The summed E-state index contributed by atoms with van der Waals surface area (Å²) in [6.45, 7) is 8.90. The first kappa shape index (κ1) is 22.4. The van der Waals surface area contributed by atoms with Gasteiger partial charge in [-0.25, -0.2) is 0 Å². The van der Waals surface area contributed by atoms with E-state index in [9.17, 15) is 5.11 Å². The minimum atomic E-state index is -0.0465. The molecule has 0 radical (unpaired) electrons. The highest BCUT2D eigenvalue weighted by Crippen LogP contribution is 2.59. The van der Waals surface area contributed by atoms with Crippen molar-refractivity contribution in [3.63, 3.8) is 0 Å². The van der Waals surface area contributed by atoms with Gasteiger partial charge in [-0.3, -0.25) is 0 Å². The molecule has 0 spiro atoms. The average Bonchev–Trinajstić information content (AvgIpc) is 3.16. The van der Waals surface area contributed by atoms with Crippen molar-refractivity contribution in [1.29, 1.82) is 0 Å². The summed E-state index contributed by atoms with van der Waals surface area (Å²) in [5.41, 5.74) is 1.64. The van der Waals surface area contributed by atoms with Gasteiger partial charge >= 0.3 is 0 Å². The zero-order valence-corrected chi connectivity index (χ0v) is 19.3. The standard InChI is InChI=1S/C25H42O.C2H6/c1-3-4-5-6-7-17(2)20-12-13-25-22(20)14-15-23-21-11-9-19(26)16-18(21)8-10-24(23)25;1-2/h8,17,19-26H,3-7,9-16H2,1-2H3;1-2H3. The fourth-order valence-electron chi connectivity index (χ4n) is 7.76. The Balaban J connectivity index is 0.00000109. The maximum atomic E-state index is 10.1. The SMILES string of the molecule is CC.CCCCCCC(C)C1CCC2C1CCC1C3CCC(O)CC3=CCC12. The third kappa shape index (κ3) is 4.71. The molecule has 4 rings (SSSR count). The van der Waals surface area contributed by atoms with E-state index in [1.54, 1.807) is 5.57 Å². The Bertz CT molecular complexity index is 494. The van der Waals surface area contributed by atoms with Crippen LogP contribution in [0.2, 0.25) is 0 Å². The highest BCUT2D eigenvalue weighted by Gasteiger charge is 2.50. The summed E-state index contributed by atoms with van der Waals surface area (Å²) in [6.07, 6.45) is 20.4. The van der Waals surface area contributed by atoms with Crippen LogP contribution in [0.5, 0.6) is 0 Å². The van der Waals surface area contributed by atoms with E-state index in [2.05, 4.69) is 19.9 Å². The molecular formula is C27H48O. The normalized spacial score (nSPS) is 40.3. The van der Waals surface area contributed by atoms with Gasteiger partial charge in [0.1, 0.15) is 0 Å². The zero-order chi connectivity index (χ0) is 20.1. The first-order valence-corrected chi connectivity index (χ1v) is 13.1. The van der Waals surface area contributed by atoms with E-state index in [1.165, 1.54) is 70.6 Å². The van der Waals surface area contributed by atoms with Crippen molar-refractivity contribution >= 4 is 0 Å². The van der Waals surface area contributed by atoms with Crippen molar-refractivity contribution in [2.45, 2.75) is 117 Å². The van der Waals surface area contributed by atoms with Crippen LogP contribution in [0.1, 0.15) is 111 Å². The second-order valence-corrected chi connectivity index (χ2v) is 10.4. The summed E-state index contributed by atoms with van der Waals surface area (Å²) >= 11 is 0. The van der Waals surface area contributed by atoms with Gasteiger partial charge in [-0.05, 0) is 92.8 Å². The van der Waals surface area contributed by atoms with Crippen molar-refractivity contribution in [3.8, 4) is 0 Å². The number of fused-ring (bicyclic) bond motifs is 5. The Morgan fingerprint density at radius 3 is 2.43 bits per heavy atom. The summed E-state index contributed by atoms with van der Waals surface area (Å²) in [4.78, 5) is 0. The van der Waals surface area contributed by atoms with E-state index in [0.29, 0.717) is 0 Å². The molecule has 0 aromatic rings. The van der Waals surface area contributed by atoms with Crippen LogP contribution in [0, 0.1) is 41.4 Å². The van der Waals surface area contributed by atoms with E-state index >= 15 is 0 Å². The molecule has 0 saturated heterocycles. The van der Waals surface area contributed by atoms with Gasteiger partial charge in [0, 0.05) is 0 Å². The number of allylic oxidation sites excluding steroid dienone is 1. The first-order valence-electron chi connectivity index (χ1n) is 13.1. The molecule has 0 amide bonds. The molecule has 1 N–H and O–H groups in total. The Labute approximate surface area is 175 Å². The molecular weight excluding hydrogens is 340 g/mol. The molecule has 4 aliphatic carbocycles. The number of hydrogen-bond acceptors (Lipinski definition) is 1. The van der Waals surface area contributed by atoms with E-state index in [0.717, 1.165) is 54.3 Å². The lowest BCUT2D eigenvalue weighted by atomic mass is 9.56. The lowest BCUT2D eigenvalue weighted by Gasteiger charge is -2.50. The summed E-state index contributed by atoms with van der Waals surface area (Å²) in [5.74, 6) is 6.84. The molecule has 3 saturated carbocycles. The van der Waals surface area contributed by atoms with Crippen LogP contribution >= 0.6 is 0 Å². The zero-order valence-electron chi connectivity index (χ0n) is 19.3. The minimum Gasteiger partial charge on any atom is -0.393 e. The van der Waals surface area contributed by atoms with Gasteiger partial charge in [-0.15, -0.1) is 0 Å². The molecule has 0 aromatic heterocycles. The Kier molecular flexibility index (Phi) is 8.51. The maximum absolute atomic E-state index is 10.1. The second kappa shape index (κ2) is 10.6. The van der Waals surface area contributed by atoms with Crippen molar-refractivity contribution in [2.24, 2.45) is 41.4 Å². The minimum absolute atomic E-state index is 0.0465. The molecule has 162 valence electrons. The van der Waals surface area contributed by atoms with E-state index in [-0.39, 0.29) is 6.10 Å². The van der Waals surface area contributed by atoms with E-state index in [4.69, 9.17) is 0 Å². The Hall–Kier alpha value is -0.300. The summed E-state index contributed by atoms with van der Waals surface area (Å²) in [5, 5.41) is 10.1. The van der Waals surface area contributed by atoms with E-state index in [1.807, 2.05) is 13.8 Å². The van der Waals surface area contributed by atoms with Gasteiger partial charge in [-0.1, -0.05) is 71.4 Å². The second-order valence-electron chi connectivity index (χ2n) is 10.4. The predicted molar refractivity (Wildman–Crippen MR) is 121 cm³/mol.